The molecule has 0 saturated carbocycles. The highest BCUT2D eigenvalue weighted by Gasteiger charge is 2.01. The van der Waals surface area contributed by atoms with E-state index in [-0.39, 0.29) is 12.9 Å². The van der Waals surface area contributed by atoms with E-state index in [0.717, 1.165) is 6.29 Å². The summed E-state index contributed by atoms with van der Waals surface area (Å²) in [5.74, 6) is 0. The van der Waals surface area contributed by atoms with Gasteiger partial charge in [-0.3, -0.25) is 0 Å². The summed E-state index contributed by atoms with van der Waals surface area (Å²) < 4.78 is 9.82. The second-order valence-electron chi connectivity index (χ2n) is 2.04. The molecule has 3 heteroatoms. The average Bonchev–Trinajstić information content (AvgIpc) is 2.01. The number of aldehydes is 1. The maximum absolute atomic E-state index is 10.1. The molecule has 0 radical (unpaired) electrons. The standard InChI is InChI=1S/C8H14O3/c1-3-4-8(5-6-9)11-7-10-2/h3-4,6,8H,5,7H2,1-2H3/b4-3+. The zero-order chi connectivity index (χ0) is 8.53. The smallest absolute Gasteiger partial charge is 0.147 e. The highest BCUT2D eigenvalue weighted by atomic mass is 16.7. The van der Waals surface area contributed by atoms with Crippen LogP contribution in [0.4, 0.5) is 0 Å². The van der Waals surface area contributed by atoms with Crippen molar-refractivity contribution >= 4 is 6.29 Å². The van der Waals surface area contributed by atoms with E-state index in [4.69, 9.17) is 9.47 Å². The lowest BCUT2D eigenvalue weighted by Crippen LogP contribution is -2.12. The largest absolute Gasteiger partial charge is 0.359 e. The maximum atomic E-state index is 10.1. The van der Waals surface area contributed by atoms with E-state index in [2.05, 4.69) is 0 Å². The minimum atomic E-state index is -0.141. The monoisotopic (exact) mass is 158 g/mol. The molecule has 0 bridgehead atoms. The molecule has 0 heterocycles. The van der Waals surface area contributed by atoms with Gasteiger partial charge in [0.1, 0.15) is 13.1 Å². The molecule has 3 nitrogen and oxygen atoms in total. The molecule has 0 aromatic rings. The third kappa shape index (κ3) is 5.76. The van der Waals surface area contributed by atoms with Gasteiger partial charge in [-0.2, -0.15) is 0 Å². The van der Waals surface area contributed by atoms with Crippen LogP contribution in [0.1, 0.15) is 13.3 Å². The normalized spacial score (nSPS) is 13.6. The molecule has 1 atom stereocenters. The predicted molar refractivity (Wildman–Crippen MR) is 42.2 cm³/mol. The van der Waals surface area contributed by atoms with Crippen molar-refractivity contribution in [2.45, 2.75) is 19.4 Å². The van der Waals surface area contributed by atoms with Gasteiger partial charge >= 0.3 is 0 Å². The number of carbonyl (C=O) groups excluding carboxylic acids is 1. The molecule has 0 aromatic heterocycles. The number of allylic oxidation sites excluding steroid dienone is 1. The van der Waals surface area contributed by atoms with Gasteiger partial charge in [0.25, 0.3) is 0 Å². The lowest BCUT2D eigenvalue weighted by molar-refractivity contribution is -0.112. The summed E-state index contributed by atoms with van der Waals surface area (Å²) in [6.07, 6.45) is 4.75. The van der Waals surface area contributed by atoms with Crippen molar-refractivity contribution in [1.82, 2.24) is 0 Å². The lowest BCUT2D eigenvalue weighted by Gasteiger charge is -2.09. The molecule has 0 saturated heterocycles. The van der Waals surface area contributed by atoms with E-state index in [1.165, 1.54) is 0 Å². The summed E-state index contributed by atoms with van der Waals surface area (Å²) in [7, 11) is 1.55. The van der Waals surface area contributed by atoms with Crippen molar-refractivity contribution < 1.29 is 14.3 Å². The van der Waals surface area contributed by atoms with Gasteiger partial charge in [0, 0.05) is 13.5 Å². The molecule has 0 aliphatic heterocycles. The molecule has 0 aliphatic rings. The van der Waals surface area contributed by atoms with Crippen molar-refractivity contribution in [2.75, 3.05) is 13.9 Å². The molecule has 11 heavy (non-hydrogen) atoms. The van der Waals surface area contributed by atoms with Gasteiger partial charge in [-0.15, -0.1) is 0 Å². The Labute approximate surface area is 67.0 Å². The van der Waals surface area contributed by atoms with Crippen LogP contribution in [0.25, 0.3) is 0 Å². The molecule has 0 rings (SSSR count). The Kier molecular flexibility index (Phi) is 6.98. The summed E-state index contributed by atoms with van der Waals surface area (Å²) in [5.41, 5.74) is 0. The van der Waals surface area contributed by atoms with E-state index in [9.17, 15) is 4.79 Å². The Hall–Kier alpha value is -0.670. The maximum Gasteiger partial charge on any atom is 0.147 e. The summed E-state index contributed by atoms with van der Waals surface area (Å²) in [4.78, 5) is 10.1. The molecule has 1 unspecified atom stereocenters. The Morgan fingerprint density at radius 3 is 2.73 bits per heavy atom. The fourth-order valence-electron chi connectivity index (χ4n) is 0.667. The highest BCUT2D eigenvalue weighted by Crippen LogP contribution is 1.98. The molecule has 0 aromatic carbocycles. The van der Waals surface area contributed by atoms with Gasteiger partial charge in [-0.05, 0) is 6.92 Å². The Morgan fingerprint density at radius 2 is 2.27 bits per heavy atom. The number of carbonyl (C=O) groups is 1. The van der Waals surface area contributed by atoms with Crippen LogP contribution in [0.3, 0.4) is 0 Å². The first-order valence-corrected chi connectivity index (χ1v) is 3.52. The van der Waals surface area contributed by atoms with Gasteiger partial charge in [0.2, 0.25) is 0 Å². The fraction of sp³-hybridized carbons (Fsp3) is 0.625. The summed E-state index contributed by atoms with van der Waals surface area (Å²) in [6.45, 7) is 2.11. The predicted octanol–water partition coefficient (Wildman–Crippen LogP) is 1.14. The minimum absolute atomic E-state index is 0.141. The van der Waals surface area contributed by atoms with Gasteiger partial charge in [0.15, 0.2) is 0 Å². The van der Waals surface area contributed by atoms with Crippen LogP contribution >= 0.6 is 0 Å². The van der Waals surface area contributed by atoms with E-state index < -0.39 is 0 Å². The van der Waals surface area contributed by atoms with Crippen LogP contribution in [0, 0.1) is 0 Å². The number of methoxy groups -OCH3 is 1. The first kappa shape index (κ1) is 10.3. The number of hydrogen-bond acceptors (Lipinski definition) is 3. The van der Waals surface area contributed by atoms with E-state index in [1.807, 2.05) is 19.1 Å². The zero-order valence-corrected chi connectivity index (χ0v) is 6.95. The molecule has 0 amide bonds. The second kappa shape index (κ2) is 7.44. The number of ether oxygens (including phenoxy) is 2. The van der Waals surface area contributed by atoms with E-state index in [0.29, 0.717) is 6.42 Å². The SMILES string of the molecule is C/C=C/C(CC=O)OCOC. The topological polar surface area (TPSA) is 35.5 Å². The zero-order valence-electron chi connectivity index (χ0n) is 6.95. The van der Waals surface area contributed by atoms with Gasteiger partial charge in [-0.25, -0.2) is 0 Å². The van der Waals surface area contributed by atoms with Crippen LogP contribution in [-0.2, 0) is 14.3 Å². The first-order valence-electron chi connectivity index (χ1n) is 3.52. The first-order chi connectivity index (χ1) is 5.35. The quantitative estimate of drug-likeness (QED) is 0.330. The summed E-state index contributed by atoms with van der Waals surface area (Å²) in [6, 6.07) is 0. The third-order valence-corrected chi connectivity index (χ3v) is 1.14. The Morgan fingerprint density at radius 1 is 1.55 bits per heavy atom. The lowest BCUT2D eigenvalue weighted by atomic mass is 10.2. The van der Waals surface area contributed by atoms with Crippen LogP contribution in [0.15, 0.2) is 12.2 Å². The van der Waals surface area contributed by atoms with Crippen LogP contribution < -0.4 is 0 Å². The summed E-state index contributed by atoms with van der Waals surface area (Å²) >= 11 is 0. The second-order valence-corrected chi connectivity index (χ2v) is 2.04. The van der Waals surface area contributed by atoms with E-state index in [1.54, 1.807) is 7.11 Å². The van der Waals surface area contributed by atoms with E-state index >= 15 is 0 Å². The average molecular weight is 158 g/mol. The molecule has 64 valence electrons. The van der Waals surface area contributed by atoms with Crippen molar-refractivity contribution in [3.8, 4) is 0 Å². The Bertz CT molecular complexity index is 121. The molecule has 0 spiro atoms. The molecular weight excluding hydrogens is 144 g/mol. The molecule has 0 aliphatic carbocycles. The number of hydrogen-bond donors (Lipinski definition) is 0. The Balaban J connectivity index is 3.59. The molecule has 0 N–H and O–H groups in total. The van der Waals surface area contributed by atoms with Crippen molar-refractivity contribution in [3.05, 3.63) is 12.2 Å². The third-order valence-electron chi connectivity index (χ3n) is 1.14. The van der Waals surface area contributed by atoms with Crippen LogP contribution in [0.5, 0.6) is 0 Å². The van der Waals surface area contributed by atoms with Crippen molar-refractivity contribution in [2.24, 2.45) is 0 Å². The minimum Gasteiger partial charge on any atom is -0.359 e. The van der Waals surface area contributed by atoms with Crippen LogP contribution in [-0.4, -0.2) is 26.3 Å². The van der Waals surface area contributed by atoms with Crippen molar-refractivity contribution in [3.63, 3.8) is 0 Å². The molecule has 0 fully saturated rings. The highest BCUT2D eigenvalue weighted by molar-refractivity contribution is 5.50. The fourth-order valence-corrected chi connectivity index (χ4v) is 0.667. The van der Waals surface area contributed by atoms with Gasteiger partial charge in [0.05, 0.1) is 6.10 Å². The van der Waals surface area contributed by atoms with Gasteiger partial charge < -0.3 is 14.3 Å². The number of rotatable bonds is 6. The van der Waals surface area contributed by atoms with Crippen LogP contribution in [0.2, 0.25) is 0 Å². The van der Waals surface area contributed by atoms with Crippen molar-refractivity contribution in [1.29, 1.82) is 0 Å². The van der Waals surface area contributed by atoms with Gasteiger partial charge in [-0.1, -0.05) is 12.2 Å². The summed E-state index contributed by atoms with van der Waals surface area (Å²) in [5, 5.41) is 0. The molecular formula is C8H14O3.